The number of fused-ring (bicyclic) bond motifs is 2. The van der Waals surface area contributed by atoms with Crippen LogP contribution in [0, 0.1) is 17.8 Å². The summed E-state index contributed by atoms with van der Waals surface area (Å²) in [5.74, 6) is -2.29. The Balaban J connectivity index is 1.55. The quantitative estimate of drug-likeness (QED) is 0.565. The average Bonchev–Trinajstić information content (AvgIpc) is 3.51. The molecule has 3 aliphatic rings. The van der Waals surface area contributed by atoms with E-state index in [2.05, 4.69) is 10.6 Å². The van der Waals surface area contributed by atoms with Gasteiger partial charge < -0.3 is 25.4 Å². The Kier molecular flexibility index (Phi) is 6.05. The van der Waals surface area contributed by atoms with E-state index in [4.69, 9.17) is 4.74 Å². The molecule has 35 heavy (non-hydrogen) atoms. The lowest BCUT2D eigenvalue weighted by molar-refractivity contribution is -0.145. The number of hydrogen-bond donors (Lipinski definition) is 3. The maximum Gasteiger partial charge on any atom is 0.250 e. The van der Waals surface area contributed by atoms with Gasteiger partial charge in [0.15, 0.2) is 0 Å². The zero-order valence-electron chi connectivity index (χ0n) is 20.4. The van der Waals surface area contributed by atoms with Gasteiger partial charge >= 0.3 is 0 Å². The summed E-state index contributed by atoms with van der Waals surface area (Å²) in [6.07, 6.45) is 1.47. The van der Waals surface area contributed by atoms with E-state index >= 15 is 0 Å². The molecule has 8 heteroatoms. The molecule has 0 saturated carbocycles. The maximum atomic E-state index is 13.9. The van der Waals surface area contributed by atoms with Crippen molar-refractivity contribution in [3.63, 3.8) is 0 Å². The fraction of sp³-hybridized carbons (Fsp3) is 0.519. The second kappa shape index (κ2) is 8.91. The van der Waals surface area contributed by atoms with Crippen LogP contribution >= 0.6 is 0 Å². The van der Waals surface area contributed by atoms with Crippen LogP contribution in [-0.2, 0) is 19.1 Å². The predicted molar refractivity (Wildman–Crippen MR) is 131 cm³/mol. The minimum atomic E-state index is -1.08. The van der Waals surface area contributed by atoms with Crippen LogP contribution < -0.4 is 10.6 Å². The molecule has 0 aromatic heterocycles. The Labute approximate surface area is 205 Å². The van der Waals surface area contributed by atoms with Gasteiger partial charge in [0.1, 0.15) is 11.6 Å². The largest absolute Gasteiger partial charge is 0.394 e. The Morgan fingerprint density at radius 3 is 2.63 bits per heavy atom. The molecule has 3 fully saturated rings. The number of carbonyl (C=O) groups excluding carboxylic acids is 3. The van der Waals surface area contributed by atoms with Crippen LogP contribution in [0.5, 0.6) is 0 Å². The fourth-order valence-electron chi connectivity index (χ4n) is 6.51. The molecule has 8 nitrogen and oxygen atoms in total. The van der Waals surface area contributed by atoms with Gasteiger partial charge in [0.05, 0.1) is 30.6 Å². The van der Waals surface area contributed by atoms with E-state index in [1.165, 1.54) is 4.90 Å². The van der Waals surface area contributed by atoms with Crippen LogP contribution in [0.15, 0.2) is 42.5 Å². The standard InChI is InChI=1S/C27H33N3O5/c1-4-15(2)19(14-31)30-23(25(33)29-18-10-9-16-7-5-6-8-17(16)13-18)27-12-11-20(35-27)21(24(32)28-3)22(27)26(30)34/h5-10,13,15,19-23,31H,4,11-12,14H2,1-3H3,(H,28,32)(H,29,33)/t15-,19-,20+,21-,22-,23?,27?/m0/s1. The summed E-state index contributed by atoms with van der Waals surface area (Å²) < 4.78 is 6.40. The summed E-state index contributed by atoms with van der Waals surface area (Å²) in [7, 11) is 1.55. The Hall–Kier alpha value is -2.97. The monoisotopic (exact) mass is 479 g/mol. The molecule has 2 unspecified atom stereocenters. The number of likely N-dealkylation sites (tertiary alicyclic amines) is 1. The van der Waals surface area contributed by atoms with E-state index in [0.717, 1.165) is 17.2 Å². The highest BCUT2D eigenvalue weighted by atomic mass is 16.5. The molecule has 3 heterocycles. The van der Waals surface area contributed by atoms with E-state index in [-0.39, 0.29) is 30.2 Å². The highest BCUT2D eigenvalue weighted by molar-refractivity contribution is 6.04. The minimum absolute atomic E-state index is 0.0363. The highest BCUT2D eigenvalue weighted by Crippen LogP contribution is 2.59. The third kappa shape index (κ3) is 3.53. The molecule has 0 aliphatic carbocycles. The van der Waals surface area contributed by atoms with Crippen molar-refractivity contribution in [3.8, 4) is 0 Å². The molecule has 186 valence electrons. The van der Waals surface area contributed by atoms with Crippen molar-refractivity contribution in [1.29, 1.82) is 0 Å². The van der Waals surface area contributed by atoms with Crippen molar-refractivity contribution in [2.75, 3.05) is 19.0 Å². The normalized spacial score (nSPS) is 30.9. The third-order valence-electron chi connectivity index (χ3n) is 8.40. The van der Waals surface area contributed by atoms with Crippen LogP contribution in [0.25, 0.3) is 10.8 Å². The zero-order chi connectivity index (χ0) is 24.9. The number of aliphatic hydroxyl groups is 1. The topological polar surface area (TPSA) is 108 Å². The predicted octanol–water partition coefficient (Wildman–Crippen LogP) is 2.31. The first-order valence-corrected chi connectivity index (χ1v) is 12.5. The van der Waals surface area contributed by atoms with Gasteiger partial charge in [0.2, 0.25) is 17.7 Å². The Morgan fingerprint density at radius 2 is 1.94 bits per heavy atom. The highest BCUT2D eigenvalue weighted by Gasteiger charge is 2.75. The van der Waals surface area contributed by atoms with Crippen LogP contribution in [0.2, 0.25) is 0 Å². The van der Waals surface area contributed by atoms with Crippen LogP contribution in [0.3, 0.4) is 0 Å². The van der Waals surface area contributed by atoms with E-state index < -0.39 is 35.6 Å². The first-order valence-electron chi connectivity index (χ1n) is 12.5. The molecule has 0 radical (unpaired) electrons. The summed E-state index contributed by atoms with van der Waals surface area (Å²) in [6.45, 7) is 3.69. The number of ether oxygens (including phenoxy) is 1. The first-order chi connectivity index (χ1) is 16.9. The van der Waals surface area contributed by atoms with E-state index in [9.17, 15) is 19.5 Å². The van der Waals surface area contributed by atoms with Gasteiger partial charge in [0.25, 0.3) is 0 Å². The number of aliphatic hydroxyl groups excluding tert-OH is 1. The second-order valence-corrected chi connectivity index (χ2v) is 10.1. The van der Waals surface area contributed by atoms with E-state index in [1.807, 2.05) is 56.3 Å². The maximum absolute atomic E-state index is 13.9. The molecule has 1 spiro atoms. The molecule has 2 aromatic rings. The molecule has 5 rings (SSSR count). The second-order valence-electron chi connectivity index (χ2n) is 10.1. The van der Waals surface area contributed by atoms with E-state index in [0.29, 0.717) is 18.5 Å². The summed E-state index contributed by atoms with van der Waals surface area (Å²) in [5.41, 5.74) is -0.457. The number of nitrogens with zero attached hydrogens (tertiary/aromatic N) is 1. The van der Waals surface area contributed by atoms with Gasteiger partial charge in [-0.2, -0.15) is 0 Å². The smallest absolute Gasteiger partial charge is 0.250 e. The molecule has 3 aliphatic heterocycles. The van der Waals surface area contributed by atoms with Gasteiger partial charge in [-0.1, -0.05) is 50.6 Å². The first kappa shape index (κ1) is 23.8. The van der Waals surface area contributed by atoms with Gasteiger partial charge in [-0.25, -0.2) is 0 Å². The molecule has 2 aromatic carbocycles. The number of hydrogen-bond acceptors (Lipinski definition) is 5. The van der Waals surface area contributed by atoms with Crippen LogP contribution in [0.1, 0.15) is 33.1 Å². The number of anilines is 1. The molecule has 3 N–H and O–H groups in total. The van der Waals surface area contributed by atoms with Crippen LogP contribution in [-0.4, -0.2) is 65.2 Å². The summed E-state index contributed by atoms with van der Waals surface area (Å²) in [6, 6.07) is 12.1. The van der Waals surface area contributed by atoms with Crippen molar-refractivity contribution in [2.24, 2.45) is 17.8 Å². The lowest BCUT2D eigenvalue weighted by Crippen LogP contribution is -2.57. The average molecular weight is 480 g/mol. The van der Waals surface area contributed by atoms with Gasteiger partial charge in [0, 0.05) is 12.7 Å². The summed E-state index contributed by atoms with van der Waals surface area (Å²) in [5, 5.41) is 18.1. The van der Waals surface area contributed by atoms with Crippen molar-refractivity contribution in [3.05, 3.63) is 42.5 Å². The fourth-order valence-corrected chi connectivity index (χ4v) is 6.51. The van der Waals surface area contributed by atoms with Crippen molar-refractivity contribution < 1.29 is 24.2 Å². The van der Waals surface area contributed by atoms with Crippen molar-refractivity contribution in [1.82, 2.24) is 10.2 Å². The van der Waals surface area contributed by atoms with E-state index in [1.54, 1.807) is 7.05 Å². The van der Waals surface area contributed by atoms with Crippen molar-refractivity contribution in [2.45, 2.75) is 56.9 Å². The van der Waals surface area contributed by atoms with Gasteiger partial charge in [-0.15, -0.1) is 0 Å². The molecule has 7 atom stereocenters. The lowest BCUT2D eigenvalue weighted by Gasteiger charge is -2.38. The number of rotatable bonds is 7. The number of benzene rings is 2. The minimum Gasteiger partial charge on any atom is -0.394 e. The number of nitrogens with one attached hydrogen (secondary N) is 2. The number of carbonyl (C=O) groups is 3. The third-order valence-corrected chi connectivity index (χ3v) is 8.40. The van der Waals surface area contributed by atoms with Crippen LogP contribution in [0.4, 0.5) is 5.69 Å². The SMILES string of the molecule is CC[C@H](C)[C@H](CO)N1C(=O)[C@@H]2[C@@H](C(=O)NC)[C@H]3CCC2(O3)C1C(=O)Nc1ccc2ccccc2c1. The Bertz CT molecular complexity index is 1170. The molecular formula is C27H33N3O5. The molecular weight excluding hydrogens is 446 g/mol. The Morgan fingerprint density at radius 1 is 1.20 bits per heavy atom. The lowest BCUT2D eigenvalue weighted by atomic mass is 9.70. The summed E-state index contributed by atoms with van der Waals surface area (Å²) >= 11 is 0. The summed E-state index contributed by atoms with van der Waals surface area (Å²) in [4.78, 5) is 42.2. The van der Waals surface area contributed by atoms with Gasteiger partial charge in [-0.3, -0.25) is 14.4 Å². The molecule has 3 amide bonds. The molecule has 2 bridgehead atoms. The number of amides is 3. The molecule has 3 saturated heterocycles. The van der Waals surface area contributed by atoms with Crippen molar-refractivity contribution >= 4 is 34.2 Å². The zero-order valence-corrected chi connectivity index (χ0v) is 20.4. The van der Waals surface area contributed by atoms with Gasteiger partial charge in [-0.05, 0) is 41.7 Å².